The van der Waals surface area contributed by atoms with Gasteiger partial charge in [0.2, 0.25) is 5.95 Å². The highest BCUT2D eigenvalue weighted by atomic mass is 16.7. The summed E-state index contributed by atoms with van der Waals surface area (Å²) in [6.45, 7) is 0.929. The van der Waals surface area contributed by atoms with Gasteiger partial charge in [0, 0.05) is 32.8 Å². The highest BCUT2D eigenvalue weighted by Crippen LogP contribution is 2.35. The van der Waals surface area contributed by atoms with Crippen LogP contribution in [0, 0.1) is 10.1 Å². The van der Waals surface area contributed by atoms with Crippen molar-refractivity contribution in [3.63, 3.8) is 0 Å². The number of carbonyl (C=O) groups excluding carboxylic acids is 4. The number of non-ortho nitro benzene ring substituents is 1. The fourth-order valence-corrected chi connectivity index (χ4v) is 8.91. The molecule has 3 heterocycles. The first kappa shape index (κ1) is 58.6. The van der Waals surface area contributed by atoms with Gasteiger partial charge in [-0.05, 0) is 85.1 Å². The molecule has 0 saturated carbocycles. The summed E-state index contributed by atoms with van der Waals surface area (Å²) in [5.74, 6) is -2.88. The van der Waals surface area contributed by atoms with Crippen LogP contribution in [-0.2, 0) is 52.7 Å². The summed E-state index contributed by atoms with van der Waals surface area (Å²) in [5, 5.41) is 11.4. The Kier molecular flexibility index (Phi) is 19.3. The molecule has 9 rings (SSSR count). The zero-order valence-electron chi connectivity index (χ0n) is 45.9. The number of fused-ring (bicyclic) bond motifs is 1. The molecule has 1 aliphatic heterocycles. The van der Waals surface area contributed by atoms with Gasteiger partial charge in [-0.25, -0.2) is 34.1 Å². The highest BCUT2D eigenvalue weighted by Gasteiger charge is 2.54. The first-order valence-electron chi connectivity index (χ1n) is 26.5. The number of carbonyl (C=O) groups is 4. The number of benzene rings is 6. The average molecular weight is 1140 g/mol. The molecule has 22 heteroatoms. The summed E-state index contributed by atoms with van der Waals surface area (Å²) in [4.78, 5) is 102. The molecular weight excluding hydrogens is 1080 g/mol. The zero-order chi connectivity index (χ0) is 59.1. The molecule has 84 heavy (non-hydrogen) atoms. The molecule has 0 amide bonds. The predicted octanol–water partition coefficient (Wildman–Crippen LogP) is 8.49. The van der Waals surface area contributed by atoms with Gasteiger partial charge in [0.1, 0.15) is 24.6 Å². The Bertz CT molecular complexity index is 3650. The standard InChI is InChI=1S/C62H57N7O15/c1-39(51(78-36-41-27-31-47(77-4)32-28-41)48-35-63-55-50(65-48)56(70)68(62(66-55)64-38-67(2)3)34-33-40-25-29-46(30-26-40)69(75)76)80-61-54(84-60(74)45-23-15-8-16-24-45)53(83-59(73)44-21-13-7-14-22-44)52(82-58(72)43-19-11-6-12-20-43)49(81-61)37-79-57(71)42-17-9-5-10-18-42/h5-32,35,38-39,49,51-54,61H,33-34,36-37H2,1-4H3/b64-38+/t39-,49+,51-,52+,53-,54+,61+/m0/s1. The van der Waals surface area contributed by atoms with Crippen molar-refractivity contribution in [2.45, 2.75) is 69.4 Å². The van der Waals surface area contributed by atoms with E-state index < -0.39 is 83.9 Å². The Hall–Kier alpha value is -10.0. The molecule has 1 aliphatic rings. The zero-order valence-corrected chi connectivity index (χ0v) is 45.9. The molecule has 1 fully saturated rings. The minimum Gasteiger partial charge on any atom is -0.497 e. The number of nitrogens with zero attached hydrogens (tertiary/aromatic N) is 7. The van der Waals surface area contributed by atoms with Crippen molar-refractivity contribution in [3.05, 3.63) is 236 Å². The van der Waals surface area contributed by atoms with Crippen molar-refractivity contribution >= 4 is 53.0 Å². The van der Waals surface area contributed by atoms with Crippen molar-refractivity contribution in [2.75, 3.05) is 27.8 Å². The number of ether oxygens (including phenoxy) is 8. The molecule has 0 unspecified atom stereocenters. The molecule has 0 N–H and O–H groups in total. The molecule has 0 bridgehead atoms. The number of aliphatic imine (C=N–C) groups is 1. The molecule has 6 aromatic carbocycles. The van der Waals surface area contributed by atoms with Gasteiger partial charge in [-0.2, -0.15) is 4.98 Å². The largest absolute Gasteiger partial charge is 0.497 e. The molecular formula is C62H57N7O15. The number of hydrogen-bond acceptors (Lipinski definition) is 19. The van der Waals surface area contributed by atoms with Gasteiger partial charge in [0.05, 0.1) is 65.2 Å². The molecule has 430 valence electrons. The Morgan fingerprint density at radius 1 is 0.702 bits per heavy atom. The summed E-state index contributed by atoms with van der Waals surface area (Å²) in [5.41, 5.74) is 0.958. The molecule has 0 aliphatic carbocycles. The van der Waals surface area contributed by atoms with Crippen LogP contribution in [0.15, 0.2) is 186 Å². The van der Waals surface area contributed by atoms with Crippen molar-refractivity contribution < 1.29 is 62.0 Å². The van der Waals surface area contributed by atoms with Crippen LogP contribution in [-0.4, -0.2) is 124 Å². The van der Waals surface area contributed by atoms with Gasteiger partial charge in [-0.1, -0.05) is 97.1 Å². The van der Waals surface area contributed by atoms with Gasteiger partial charge in [0.15, 0.2) is 35.8 Å². The number of rotatable bonds is 23. The summed E-state index contributed by atoms with van der Waals surface area (Å²) in [6.07, 6.45) is -7.83. The SMILES string of the molecule is COc1ccc(CO[C@H](c2cnc3nc(/N=C/N(C)C)n(CCc4ccc([N+](=O)[O-])cc4)c(=O)c3n2)[C@H](C)O[C@@H]2O[C@H](COC(=O)c3ccccc3)[C@@H](OC(=O)c3ccccc3)[C@H](OC(=O)c3ccccc3)[C@H]2OC(=O)c2ccccc2)cc1. The van der Waals surface area contributed by atoms with Crippen molar-refractivity contribution in [1.82, 2.24) is 24.4 Å². The van der Waals surface area contributed by atoms with E-state index in [0.29, 0.717) is 16.9 Å². The van der Waals surface area contributed by atoms with Crippen LogP contribution in [0.5, 0.6) is 5.75 Å². The summed E-state index contributed by atoms with van der Waals surface area (Å²) in [6, 6.07) is 45.0. The first-order chi connectivity index (χ1) is 40.7. The third-order valence-electron chi connectivity index (χ3n) is 13.2. The number of esters is 4. The van der Waals surface area contributed by atoms with Crippen molar-refractivity contribution in [2.24, 2.45) is 4.99 Å². The molecule has 8 aromatic rings. The van der Waals surface area contributed by atoms with Crippen LogP contribution in [0.25, 0.3) is 11.2 Å². The maximum absolute atomic E-state index is 14.8. The molecule has 7 atom stereocenters. The van der Waals surface area contributed by atoms with E-state index in [1.54, 1.807) is 147 Å². The van der Waals surface area contributed by atoms with E-state index in [9.17, 15) is 34.1 Å². The topological polar surface area (TPSA) is 262 Å². The number of aromatic nitrogens is 4. The predicted molar refractivity (Wildman–Crippen MR) is 304 cm³/mol. The minimum absolute atomic E-state index is 0.0129. The van der Waals surface area contributed by atoms with Gasteiger partial charge < -0.3 is 42.8 Å². The van der Waals surface area contributed by atoms with Gasteiger partial charge in [-0.15, -0.1) is 0 Å². The second-order valence-corrected chi connectivity index (χ2v) is 19.4. The number of nitro benzene ring substituents is 1. The quantitative estimate of drug-likeness (QED) is 0.0145. The summed E-state index contributed by atoms with van der Waals surface area (Å²) >= 11 is 0. The van der Waals surface area contributed by atoms with E-state index in [1.165, 1.54) is 72.7 Å². The van der Waals surface area contributed by atoms with Gasteiger partial charge in [-0.3, -0.25) is 19.5 Å². The van der Waals surface area contributed by atoms with E-state index >= 15 is 0 Å². The van der Waals surface area contributed by atoms with Crippen LogP contribution in [0.3, 0.4) is 0 Å². The maximum Gasteiger partial charge on any atom is 0.338 e. The smallest absolute Gasteiger partial charge is 0.338 e. The lowest BCUT2D eigenvalue weighted by molar-refractivity contribution is -0.384. The lowest BCUT2D eigenvalue weighted by Crippen LogP contribution is -2.63. The third kappa shape index (κ3) is 14.7. The molecule has 2 aromatic heterocycles. The second-order valence-electron chi connectivity index (χ2n) is 19.4. The summed E-state index contributed by atoms with van der Waals surface area (Å²) in [7, 11) is 5.03. The monoisotopic (exact) mass is 1140 g/mol. The van der Waals surface area contributed by atoms with Crippen LogP contribution in [0.2, 0.25) is 0 Å². The third-order valence-corrected chi connectivity index (χ3v) is 13.2. The Balaban J connectivity index is 1.14. The van der Waals surface area contributed by atoms with E-state index in [4.69, 9.17) is 42.9 Å². The Labute approximate surface area is 481 Å². The van der Waals surface area contributed by atoms with Gasteiger partial charge >= 0.3 is 23.9 Å². The summed E-state index contributed by atoms with van der Waals surface area (Å²) < 4.78 is 51.6. The number of methoxy groups -OCH3 is 1. The maximum atomic E-state index is 14.8. The van der Waals surface area contributed by atoms with Crippen molar-refractivity contribution in [1.29, 1.82) is 0 Å². The minimum atomic E-state index is -1.76. The number of hydrogen-bond donors (Lipinski definition) is 0. The molecule has 22 nitrogen and oxygen atoms in total. The van der Waals surface area contributed by atoms with E-state index in [-0.39, 0.29) is 70.3 Å². The fraction of sp³-hybridized carbons (Fsp3) is 0.242. The van der Waals surface area contributed by atoms with Crippen LogP contribution < -0.4 is 10.3 Å². The Morgan fingerprint density at radius 2 is 1.23 bits per heavy atom. The van der Waals surface area contributed by atoms with Crippen LogP contribution in [0.1, 0.15) is 71.3 Å². The van der Waals surface area contributed by atoms with Gasteiger partial charge in [0.25, 0.3) is 11.2 Å². The number of nitro groups is 1. The molecule has 0 radical (unpaired) electrons. The lowest BCUT2D eigenvalue weighted by atomic mass is 9.97. The van der Waals surface area contributed by atoms with Crippen LogP contribution in [0.4, 0.5) is 11.6 Å². The van der Waals surface area contributed by atoms with Crippen molar-refractivity contribution in [3.8, 4) is 5.75 Å². The molecule has 0 spiro atoms. The Morgan fingerprint density at radius 3 is 1.76 bits per heavy atom. The average Bonchev–Trinajstić information content (AvgIpc) is 2.95. The van der Waals surface area contributed by atoms with E-state index in [1.807, 2.05) is 0 Å². The normalized spacial score (nSPS) is 17.4. The second kappa shape index (κ2) is 27.6. The number of aryl methyl sites for hydroxylation is 1. The van der Waals surface area contributed by atoms with E-state index in [0.717, 1.165) is 0 Å². The van der Waals surface area contributed by atoms with E-state index in [2.05, 4.69) is 15.0 Å². The molecule has 1 saturated heterocycles. The van der Waals surface area contributed by atoms with Crippen LogP contribution >= 0.6 is 0 Å². The first-order valence-corrected chi connectivity index (χ1v) is 26.5. The fourth-order valence-electron chi connectivity index (χ4n) is 8.91. The highest BCUT2D eigenvalue weighted by molar-refractivity contribution is 5.91. The lowest BCUT2D eigenvalue weighted by Gasteiger charge is -2.45.